The minimum atomic E-state index is -0.936. The predicted octanol–water partition coefficient (Wildman–Crippen LogP) is 1.41. The monoisotopic (exact) mass is 387 g/mol. The first-order valence-corrected chi connectivity index (χ1v) is 8.34. The largest absolute Gasteiger partial charge is 0.497 e. The molecule has 1 saturated heterocycles. The zero-order chi connectivity index (χ0) is 20.3. The zero-order valence-corrected chi connectivity index (χ0v) is 15.2. The summed E-state index contributed by atoms with van der Waals surface area (Å²) in [6.45, 7) is 0. The number of carbonyl (C=O) groups is 3. The third-order valence-corrected chi connectivity index (χ3v) is 4.21. The lowest BCUT2D eigenvalue weighted by molar-refractivity contribution is -0.121. The molecular weight excluding hydrogens is 369 g/mol. The fourth-order valence-electron chi connectivity index (χ4n) is 2.77. The van der Waals surface area contributed by atoms with Crippen molar-refractivity contribution in [2.75, 3.05) is 19.1 Å². The van der Waals surface area contributed by atoms with E-state index in [0.29, 0.717) is 11.5 Å². The smallest absolute Gasteiger partial charge is 0.265 e. The van der Waals surface area contributed by atoms with Gasteiger partial charge in [0.2, 0.25) is 5.91 Å². The molecule has 0 aliphatic carbocycles. The summed E-state index contributed by atoms with van der Waals surface area (Å²) in [6.07, 6.45) is -0.141. The molecule has 0 saturated carbocycles. The molecule has 146 valence electrons. The van der Waals surface area contributed by atoms with Crippen LogP contribution < -0.4 is 25.2 Å². The van der Waals surface area contributed by atoms with E-state index in [-0.39, 0.29) is 17.7 Å². The van der Waals surface area contributed by atoms with Gasteiger partial charge >= 0.3 is 0 Å². The molecule has 3 rings (SSSR count). The Kier molecular flexibility index (Phi) is 5.55. The van der Waals surface area contributed by atoms with Crippen LogP contribution in [0.3, 0.4) is 0 Å². The fourth-order valence-corrected chi connectivity index (χ4v) is 2.77. The average Bonchev–Trinajstić information content (AvgIpc) is 2.99. The molecule has 1 heterocycles. The highest BCUT2D eigenvalue weighted by molar-refractivity contribution is 6.22. The van der Waals surface area contributed by atoms with Crippen LogP contribution in [0.15, 0.2) is 42.5 Å². The van der Waals surface area contributed by atoms with Gasteiger partial charge in [-0.05, 0) is 36.4 Å². The molecule has 1 atom stereocenters. The van der Waals surface area contributed by atoms with Crippen molar-refractivity contribution in [1.82, 2.24) is 10.9 Å². The molecule has 0 spiro atoms. The second kappa shape index (κ2) is 8.05. The second-order valence-electron chi connectivity index (χ2n) is 6.00. The topological polar surface area (TPSA) is 97.0 Å². The molecule has 2 N–H and O–H groups in total. The van der Waals surface area contributed by atoms with E-state index in [1.165, 1.54) is 38.5 Å². The third kappa shape index (κ3) is 3.94. The molecular formula is C19H18FN3O5. The molecule has 2 aromatic carbocycles. The Morgan fingerprint density at radius 2 is 1.68 bits per heavy atom. The van der Waals surface area contributed by atoms with Crippen LogP contribution in [-0.4, -0.2) is 38.0 Å². The van der Waals surface area contributed by atoms with E-state index >= 15 is 0 Å². The quantitative estimate of drug-likeness (QED) is 0.575. The number of anilines is 1. The van der Waals surface area contributed by atoms with Gasteiger partial charge in [0, 0.05) is 11.6 Å². The lowest BCUT2D eigenvalue weighted by Crippen LogP contribution is -2.48. The first-order chi connectivity index (χ1) is 13.4. The van der Waals surface area contributed by atoms with E-state index in [2.05, 4.69) is 10.9 Å². The number of methoxy groups -OCH3 is 2. The lowest BCUT2D eigenvalue weighted by Gasteiger charge is -2.16. The van der Waals surface area contributed by atoms with Gasteiger partial charge in [-0.2, -0.15) is 0 Å². The van der Waals surface area contributed by atoms with Gasteiger partial charge in [-0.15, -0.1) is 0 Å². The maximum absolute atomic E-state index is 13.1. The number of amides is 3. The number of hydrogen-bond acceptors (Lipinski definition) is 6. The lowest BCUT2D eigenvalue weighted by atomic mass is 10.2. The predicted molar refractivity (Wildman–Crippen MR) is 97.4 cm³/mol. The van der Waals surface area contributed by atoms with Gasteiger partial charge in [0.15, 0.2) is 0 Å². The Labute approximate surface area is 160 Å². The molecule has 1 aliphatic heterocycles. The first kappa shape index (κ1) is 19.3. The summed E-state index contributed by atoms with van der Waals surface area (Å²) < 4.78 is 23.3. The number of rotatable bonds is 6. The zero-order valence-electron chi connectivity index (χ0n) is 15.2. The van der Waals surface area contributed by atoms with Crippen molar-refractivity contribution in [3.05, 3.63) is 53.8 Å². The Hall–Kier alpha value is -3.46. The Balaban J connectivity index is 1.68. The van der Waals surface area contributed by atoms with Gasteiger partial charge in [-0.3, -0.25) is 19.8 Å². The van der Waals surface area contributed by atoms with Crippen LogP contribution in [0.1, 0.15) is 16.8 Å². The summed E-state index contributed by atoms with van der Waals surface area (Å²) in [7, 11) is 2.92. The maximum Gasteiger partial charge on any atom is 0.265 e. The minimum absolute atomic E-state index is 0.141. The molecule has 3 amide bonds. The van der Waals surface area contributed by atoms with Crippen LogP contribution in [0.4, 0.5) is 10.1 Å². The molecule has 1 unspecified atom stereocenters. The van der Waals surface area contributed by atoms with E-state index in [4.69, 9.17) is 9.47 Å². The second-order valence-corrected chi connectivity index (χ2v) is 6.00. The van der Waals surface area contributed by atoms with E-state index < -0.39 is 29.6 Å². The standard InChI is InChI=1S/C19H18FN3O5/c1-27-14-7-11(8-15(9-14)28-2)18(25)22-21-16-10-17(24)23(19(16)26)13-5-3-12(20)4-6-13/h3-9,16,21H,10H2,1-2H3,(H,22,25). The summed E-state index contributed by atoms with van der Waals surface area (Å²) in [5, 5.41) is 0. The molecule has 28 heavy (non-hydrogen) atoms. The number of benzene rings is 2. The van der Waals surface area contributed by atoms with Crippen molar-refractivity contribution >= 4 is 23.4 Å². The SMILES string of the molecule is COc1cc(OC)cc(C(=O)NNC2CC(=O)N(c3ccc(F)cc3)C2=O)c1. The fraction of sp³-hybridized carbons (Fsp3) is 0.211. The average molecular weight is 387 g/mol. The summed E-state index contributed by atoms with van der Waals surface area (Å²) in [4.78, 5) is 38.0. The molecule has 8 nitrogen and oxygen atoms in total. The van der Waals surface area contributed by atoms with Gasteiger partial charge in [0.05, 0.1) is 26.3 Å². The molecule has 2 aromatic rings. The van der Waals surface area contributed by atoms with Gasteiger partial charge in [-0.1, -0.05) is 0 Å². The van der Waals surface area contributed by atoms with E-state index in [1.807, 2.05) is 0 Å². The number of nitrogens with zero attached hydrogens (tertiary/aromatic N) is 1. The number of carbonyl (C=O) groups excluding carboxylic acids is 3. The number of imide groups is 1. The van der Waals surface area contributed by atoms with Crippen LogP contribution in [-0.2, 0) is 9.59 Å². The number of hydrogen-bond donors (Lipinski definition) is 2. The summed E-state index contributed by atoms with van der Waals surface area (Å²) in [5.41, 5.74) is 5.51. The highest BCUT2D eigenvalue weighted by Crippen LogP contribution is 2.24. The molecule has 0 radical (unpaired) electrons. The van der Waals surface area contributed by atoms with Gasteiger partial charge in [0.25, 0.3) is 11.8 Å². The van der Waals surface area contributed by atoms with Crippen LogP contribution >= 0.6 is 0 Å². The highest BCUT2D eigenvalue weighted by atomic mass is 19.1. The minimum Gasteiger partial charge on any atom is -0.497 e. The maximum atomic E-state index is 13.1. The number of ether oxygens (including phenoxy) is 2. The Bertz CT molecular complexity index is 894. The molecule has 9 heteroatoms. The summed E-state index contributed by atoms with van der Waals surface area (Å²) in [5.74, 6) is -1.14. The van der Waals surface area contributed by atoms with Crippen molar-refractivity contribution in [2.24, 2.45) is 0 Å². The van der Waals surface area contributed by atoms with Gasteiger partial charge in [-0.25, -0.2) is 14.7 Å². The van der Waals surface area contributed by atoms with Crippen LogP contribution in [0.5, 0.6) is 11.5 Å². The first-order valence-electron chi connectivity index (χ1n) is 8.34. The van der Waals surface area contributed by atoms with Crippen molar-refractivity contribution in [3.63, 3.8) is 0 Å². The number of halogens is 1. The summed E-state index contributed by atoms with van der Waals surface area (Å²) in [6, 6.07) is 8.70. The van der Waals surface area contributed by atoms with Crippen molar-refractivity contribution in [3.8, 4) is 11.5 Å². The molecule has 0 aromatic heterocycles. The van der Waals surface area contributed by atoms with Crippen molar-refractivity contribution in [2.45, 2.75) is 12.5 Å². The molecule has 0 bridgehead atoms. The van der Waals surface area contributed by atoms with Gasteiger partial charge in [0.1, 0.15) is 23.4 Å². The normalized spacial score (nSPS) is 16.2. The summed E-state index contributed by atoms with van der Waals surface area (Å²) >= 11 is 0. The van der Waals surface area contributed by atoms with Crippen molar-refractivity contribution in [1.29, 1.82) is 0 Å². The number of nitrogens with one attached hydrogen (secondary N) is 2. The van der Waals surface area contributed by atoms with Crippen molar-refractivity contribution < 1.29 is 28.2 Å². The molecule has 1 aliphatic rings. The highest BCUT2D eigenvalue weighted by Gasteiger charge is 2.39. The molecule has 1 fully saturated rings. The Morgan fingerprint density at radius 3 is 2.25 bits per heavy atom. The van der Waals surface area contributed by atoms with Crippen LogP contribution in [0.2, 0.25) is 0 Å². The third-order valence-electron chi connectivity index (χ3n) is 4.21. The van der Waals surface area contributed by atoms with Crippen LogP contribution in [0.25, 0.3) is 0 Å². The van der Waals surface area contributed by atoms with E-state index in [1.54, 1.807) is 6.07 Å². The van der Waals surface area contributed by atoms with E-state index in [0.717, 1.165) is 17.0 Å². The van der Waals surface area contributed by atoms with Gasteiger partial charge < -0.3 is 9.47 Å². The van der Waals surface area contributed by atoms with Crippen LogP contribution in [0, 0.1) is 5.82 Å². The van der Waals surface area contributed by atoms with E-state index in [9.17, 15) is 18.8 Å². The Morgan fingerprint density at radius 1 is 1.07 bits per heavy atom. The number of hydrazine groups is 1.